The van der Waals surface area contributed by atoms with Gasteiger partial charge in [-0.25, -0.2) is 15.0 Å². The van der Waals surface area contributed by atoms with Gasteiger partial charge in [0.2, 0.25) is 11.6 Å². The van der Waals surface area contributed by atoms with E-state index in [4.69, 9.17) is 15.0 Å². The maximum atomic E-state index is 5.21. The summed E-state index contributed by atoms with van der Waals surface area (Å²) in [6.45, 7) is 0. The van der Waals surface area contributed by atoms with Gasteiger partial charge in [-0.3, -0.25) is 17.8 Å². The molecule has 6 heterocycles. The first-order valence-corrected chi connectivity index (χ1v) is 19.2. The van der Waals surface area contributed by atoms with Gasteiger partial charge in [-0.2, -0.15) is 0 Å². The predicted molar refractivity (Wildman–Crippen MR) is 225 cm³/mol. The van der Waals surface area contributed by atoms with E-state index in [1.54, 1.807) is 11.3 Å². The Bertz CT molecular complexity index is 3750. The Morgan fingerprint density at radius 2 is 0.945 bits per heavy atom. The zero-order valence-corrected chi connectivity index (χ0v) is 30.2. The third-order valence-electron chi connectivity index (χ3n) is 11.3. The first-order valence-electron chi connectivity index (χ1n) is 18.3. The predicted octanol–water partition coefficient (Wildman–Crippen LogP) is 11.1. The van der Waals surface area contributed by atoms with Gasteiger partial charge in [0, 0.05) is 7.05 Å². The quantitative estimate of drug-likeness (QED) is 0.182. The van der Waals surface area contributed by atoms with E-state index in [1.165, 1.54) is 15.8 Å². The van der Waals surface area contributed by atoms with Crippen molar-refractivity contribution in [1.29, 1.82) is 0 Å². The fraction of sp³-hybridized carbons (Fsp3) is 0.0217. The Labute approximate surface area is 316 Å². The van der Waals surface area contributed by atoms with Gasteiger partial charge in [0.05, 0.1) is 71.1 Å². The number of nitrogens with zero attached hydrogens (tertiary/aromatic N) is 8. The molecule has 0 saturated carbocycles. The normalized spacial score (nSPS) is 12.5. The van der Waals surface area contributed by atoms with Crippen molar-refractivity contribution in [2.75, 3.05) is 0 Å². The average molecular weight is 725 g/mol. The van der Waals surface area contributed by atoms with Gasteiger partial charge in [0.1, 0.15) is 0 Å². The van der Waals surface area contributed by atoms with Crippen LogP contribution in [0.4, 0.5) is 0 Å². The lowest BCUT2D eigenvalue weighted by atomic mass is 9.98. The summed E-state index contributed by atoms with van der Waals surface area (Å²) >= 11 is 1.72. The lowest BCUT2D eigenvalue weighted by Gasteiger charge is -2.09. The summed E-state index contributed by atoms with van der Waals surface area (Å²) in [6, 6.07) is 54.2. The van der Waals surface area contributed by atoms with Gasteiger partial charge in [0.25, 0.3) is 0 Å². The molecule has 0 aliphatic carbocycles. The van der Waals surface area contributed by atoms with Gasteiger partial charge in [-0.15, -0.1) is 0 Å². The van der Waals surface area contributed by atoms with Crippen molar-refractivity contribution in [3.63, 3.8) is 0 Å². The number of para-hydroxylation sites is 6. The smallest absolute Gasteiger partial charge is 0.220 e. The number of rotatable bonds is 3. The number of hydrogen-bond acceptors (Lipinski definition) is 4. The van der Waals surface area contributed by atoms with Gasteiger partial charge < -0.3 is 4.57 Å². The minimum Gasteiger partial charge on any atom is -0.313 e. The van der Waals surface area contributed by atoms with Crippen molar-refractivity contribution in [1.82, 2.24) is 37.3 Å². The van der Waals surface area contributed by atoms with Crippen LogP contribution in [-0.2, 0) is 7.05 Å². The third kappa shape index (κ3) is 3.91. The first kappa shape index (κ1) is 29.2. The second-order valence-electron chi connectivity index (χ2n) is 14.3. The van der Waals surface area contributed by atoms with E-state index in [1.807, 2.05) is 12.1 Å². The Morgan fingerprint density at radius 1 is 0.400 bits per heavy atom. The van der Waals surface area contributed by atoms with Gasteiger partial charge in [-0.05, 0) is 107 Å². The van der Waals surface area contributed by atoms with Crippen LogP contribution in [0.2, 0.25) is 0 Å². The maximum absolute atomic E-state index is 5.21. The molecule has 258 valence electrons. The van der Waals surface area contributed by atoms with E-state index in [9.17, 15) is 0 Å². The molecule has 13 aromatic rings. The van der Waals surface area contributed by atoms with Crippen molar-refractivity contribution in [2.45, 2.75) is 0 Å². The standard InChI is InChI=1S/C46H28N8S/c1-50-38-20-17-29(24-41(38)52-35-14-5-2-11-32(35)47-44(50)52)27-9-8-10-28(23-27)30-18-21-39-42(25-30)53-36-15-6-3-12-33(36)48-45(53)51(39)31-19-22-40-43(26-31)55-46-49-34-13-4-7-16-37(34)54(40)46/h2-26H,1H3. The number of thiazole rings is 1. The van der Waals surface area contributed by atoms with E-state index < -0.39 is 0 Å². The van der Waals surface area contributed by atoms with E-state index in [0.717, 1.165) is 94.0 Å². The molecular weight excluding hydrogens is 697 g/mol. The van der Waals surface area contributed by atoms with Crippen molar-refractivity contribution in [3.05, 3.63) is 152 Å². The summed E-state index contributed by atoms with van der Waals surface area (Å²) in [6.07, 6.45) is 0. The lowest BCUT2D eigenvalue weighted by Crippen LogP contribution is -1.95. The molecule has 0 aliphatic rings. The molecule has 0 unspecified atom stereocenters. The van der Waals surface area contributed by atoms with Gasteiger partial charge >= 0.3 is 0 Å². The summed E-state index contributed by atoms with van der Waals surface area (Å²) in [5.41, 5.74) is 17.7. The van der Waals surface area contributed by atoms with Gasteiger partial charge in [-0.1, -0.05) is 78.1 Å². The molecule has 0 amide bonds. The van der Waals surface area contributed by atoms with Crippen molar-refractivity contribution in [3.8, 4) is 27.9 Å². The third-order valence-corrected chi connectivity index (χ3v) is 12.3. The zero-order valence-electron chi connectivity index (χ0n) is 29.4. The minimum absolute atomic E-state index is 0.891. The summed E-state index contributed by atoms with van der Waals surface area (Å²) < 4.78 is 12.5. The largest absolute Gasteiger partial charge is 0.313 e. The molecule has 13 rings (SSSR count). The van der Waals surface area contributed by atoms with E-state index >= 15 is 0 Å². The van der Waals surface area contributed by atoms with Crippen LogP contribution in [0, 0.1) is 0 Å². The van der Waals surface area contributed by atoms with Crippen LogP contribution in [0.5, 0.6) is 0 Å². The molecule has 0 bridgehead atoms. The Morgan fingerprint density at radius 3 is 1.65 bits per heavy atom. The summed E-state index contributed by atoms with van der Waals surface area (Å²) in [5.74, 6) is 1.84. The van der Waals surface area contributed by atoms with Crippen LogP contribution in [0.15, 0.2) is 152 Å². The summed E-state index contributed by atoms with van der Waals surface area (Å²) in [5, 5.41) is 0. The van der Waals surface area contributed by atoms with Crippen LogP contribution in [0.1, 0.15) is 0 Å². The first-order chi connectivity index (χ1) is 27.2. The highest BCUT2D eigenvalue weighted by molar-refractivity contribution is 7.23. The molecule has 55 heavy (non-hydrogen) atoms. The second-order valence-corrected chi connectivity index (χ2v) is 15.3. The molecular formula is C46H28N8S. The van der Waals surface area contributed by atoms with Crippen LogP contribution < -0.4 is 0 Å². The molecule has 0 fully saturated rings. The SMILES string of the molecule is Cn1c2ccc(-c3cccc(-c4ccc5c(c4)n4c6ccccc6nc4n5-c4ccc5c(c4)sc4nc6ccccc6n45)c3)cc2n2c3ccccc3nc12. The molecule has 6 aromatic heterocycles. The molecule has 0 saturated heterocycles. The molecule has 8 nitrogen and oxygen atoms in total. The molecule has 0 aliphatic heterocycles. The highest BCUT2D eigenvalue weighted by atomic mass is 32.1. The number of aryl methyl sites for hydroxylation is 1. The molecule has 0 atom stereocenters. The highest BCUT2D eigenvalue weighted by Crippen LogP contribution is 2.37. The maximum Gasteiger partial charge on any atom is 0.220 e. The van der Waals surface area contributed by atoms with Crippen LogP contribution in [0.3, 0.4) is 0 Å². The Balaban J connectivity index is 0.977. The monoisotopic (exact) mass is 724 g/mol. The van der Waals surface area contributed by atoms with Crippen LogP contribution in [-0.4, -0.2) is 37.3 Å². The molecule has 0 spiro atoms. The van der Waals surface area contributed by atoms with Crippen LogP contribution in [0.25, 0.3) is 110 Å². The van der Waals surface area contributed by atoms with E-state index in [2.05, 4.69) is 169 Å². The van der Waals surface area contributed by atoms with Crippen molar-refractivity contribution >= 4 is 93.2 Å². The number of fused-ring (bicyclic) bond motifs is 15. The molecule has 0 radical (unpaired) electrons. The molecule has 9 heteroatoms. The van der Waals surface area contributed by atoms with Crippen LogP contribution >= 0.6 is 11.3 Å². The lowest BCUT2D eigenvalue weighted by molar-refractivity contribution is 0.974. The number of hydrogen-bond donors (Lipinski definition) is 0. The van der Waals surface area contributed by atoms with Crippen molar-refractivity contribution < 1.29 is 0 Å². The molecule has 0 N–H and O–H groups in total. The Kier molecular flexibility index (Phi) is 5.56. The minimum atomic E-state index is 0.891. The summed E-state index contributed by atoms with van der Waals surface area (Å²) in [7, 11) is 2.09. The summed E-state index contributed by atoms with van der Waals surface area (Å²) in [4.78, 5) is 16.1. The number of benzene rings is 7. The fourth-order valence-corrected chi connectivity index (χ4v) is 9.85. The average Bonchev–Trinajstić information content (AvgIpc) is 4.06. The second kappa shape index (κ2) is 10.5. The van der Waals surface area contributed by atoms with Crippen molar-refractivity contribution in [2.24, 2.45) is 7.05 Å². The van der Waals surface area contributed by atoms with E-state index in [0.29, 0.717) is 0 Å². The highest BCUT2D eigenvalue weighted by Gasteiger charge is 2.20. The van der Waals surface area contributed by atoms with Gasteiger partial charge in [0.15, 0.2) is 4.96 Å². The fourth-order valence-electron chi connectivity index (χ4n) is 8.77. The Hall–Kier alpha value is -7.23. The van der Waals surface area contributed by atoms with E-state index in [-0.39, 0.29) is 0 Å². The number of aromatic nitrogens is 8. The zero-order chi connectivity index (χ0) is 35.9. The molecule has 7 aromatic carbocycles. The number of imidazole rings is 5. The topological polar surface area (TPSA) is 61.8 Å².